The molecular formula is C15H19BrN2O2. The van der Waals surface area contributed by atoms with Crippen molar-refractivity contribution in [1.29, 1.82) is 0 Å². The van der Waals surface area contributed by atoms with Crippen LogP contribution >= 0.6 is 15.9 Å². The van der Waals surface area contributed by atoms with E-state index >= 15 is 0 Å². The van der Waals surface area contributed by atoms with Crippen molar-refractivity contribution in [3.8, 4) is 0 Å². The van der Waals surface area contributed by atoms with E-state index in [1.165, 1.54) is 0 Å². The Kier molecular flexibility index (Phi) is 5.17. The minimum absolute atomic E-state index is 0.0269. The number of benzene rings is 1. The van der Waals surface area contributed by atoms with Crippen molar-refractivity contribution in [2.24, 2.45) is 5.73 Å². The number of primary amides is 1. The van der Waals surface area contributed by atoms with Gasteiger partial charge in [0.2, 0.25) is 11.8 Å². The Morgan fingerprint density at radius 3 is 2.85 bits per heavy atom. The van der Waals surface area contributed by atoms with Gasteiger partial charge in [0.1, 0.15) is 0 Å². The van der Waals surface area contributed by atoms with Gasteiger partial charge in [0.25, 0.3) is 0 Å². The second-order valence-corrected chi connectivity index (χ2v) is 6.13. The standard InChI is InChI=1S/C15H19BrN2O2/c16-12-5-3-4-11(8-12)9-15(20)18-7-2-1-6-13(18)10-14(17)19/h3-5,8,13H,1-2,6-7,9-10H2,(H2,17,19). The Labute approximate surface area is 127 Å². The fraction of sp³-hybridized carbons (Fsp3) is 0.467. The minimum atomic E-state index is -0.336. The maximum atomic E-state index is 12.4. The van der Waals surface area contributed by atoms with Crippen molar-refractivity contribution < 1.29 is 9.59 Å². The molecule has 1 aromatic rings. The van der Waals surface area contributed by atoms with Crippen LogP contribution in [0.25, 0.3) is 0 Å². The van der Waals surface area contributed by atoms with E-state index in [-0.39, 0.29) is 24.3 Å². The van der Waals surface area contributed by atoms with Crippen LogP contribution in [0.3, 0.4) is 0 Å². The van der Waals surface area contributed by atoms with E-state index in [1.807, 2.05) is 29.2 Å². The molecule has 1 aromatic carbocycles. The van der Waals surface area contributed by atoms with Gasteiger partial charge >= 0.3 is 0 Å². The maximum Gasteiger partial charge on any atom is 0.227 e. The lowest BCUT2D eigenvalue weighted by molar-refractivity contribution is -0.135. The summed E-state index contributed by atoms with van der Waals surface area (Å²) >= 11 is 3.41. The molecule has 0 saturated carbocycles. The van der Waals surface area contributed by atoms with E-state index in [2.05, 4.69) is 15.9 Å². The second kappa shape index (κ2) is 6.88. The first-order valence-electron chi connectivity index (χ1n) is 6.88. The zero-order valence-electron chi connectivity index (χ0n) is 11.3. The van der Waals surface area contributed by atoms with Crippen molar-refractivity contribution in [1.82, 2.24) is 4.90 Å². The Morgan fingerprint density at radius 1 is 1.35 bits per heavy atom. The van der Waals surface area contributed by atoms with Crippen LogP contribution in [0.15, 0.2) is 28.7 Å². The zero-order chi connectivity index (χ0) is 14.5. The van der Waals surface area contributed by atoms with E-state index in [4.69, 9.17) is 5.73 Å². The first kappa shape index (κ1) is 15.0. The van der Waals surface area contributed by atoms with Gasteiger partial charge in [-0.2, -0.15) is 0 Å². The molecule has 1 aliphatic heterocycles. The van der Waals surface area contributed by atoms with Gasteiger partial charge in [-0.15, -0.1) is 0 Å². The number of nitrogens with two attached hydrogens (primary N) is 1. The summed E-state index contributed by atoms with van der Waals surface area (Å²) in [5, 5.41) is 0. The normalized spacial score (nSPS) is 18.9. The fourth-order valence-electron chi connectivity index (χ4n) is 2.70. The molecule has 2 N–H and O–H groups in total. The summed E-state index contributed by atoms with van der Waals surface area (Å²) in [6.07, 6.45) is 3.56. The second-order valence-electron chi connectivity index (χ2n) is 5.21. The highest BCUT2D eigenvalue weighted by molar-refractivity contribution is 9.10. The van der Waals surface area contributed by atoms with Crippen molar-refractivity contribution in [3.63, 3.8) is 0 Å². The Morgan fingerprint density at radius 2 is 2.15 bits per heavy atom. The molecule has 2 amide bonds. The SMILES string of the molecule is NC(=O)CC1CCCCN1C(=O)Cc1cccc(Br)c1. The third-order valence-corrected chi connectivity index (χ3v) is 4.12. The summed E-state index contributed by atoms with van der Waals surface area (Å²) in [6, 6.07) is 7.72. The van der Waals surface area contributed by atoms with Crippen LogP contribution in [0.5, 0.6) is 0 Å². The summed E-state index contributed by atoms with van der Waals surface area (Å²) < 4.78 is 0.968. The van der Waals surface area contributed by atoms with Crippen LogP contribution in [0.2, 0.25) is 0 Å². The third kappa shape index (κ3) is 4.07. The smallest absolute Gasteiger partial charge is 0.227 e. The van der Waals surface area contributed by atoms with Crippen LogP contribution in [0.1, 0.15) is 31.2 Å². The van der Waals surface area contributed by atoms with E-state index in [1.54, 1.807) is 0 Å². The zero-order valence-corrected chi connectivity index (χ0v) is 12.9. The highest BCUT2D eigenvalue weighted by Crippen LogP contribution is 2.21. The number of amides is 2. The molecule has 0 aromatic heterocycles. The molecule has 1 saturated heterocycles. The first-order chi connectivity index (χ1) is 9.56. The quantitative estimate of drug-likeness (QED) is 0.914. The fourth-order valence-corrected chi connectivity index (χ4v) is 3.14. The van der Waals surface area contributed by atoms with Gasteiger partial charge in [-0.3, -0.25) is 9.59 Å². The predicted octanol–water partition coefficient (Wildman–Crippen LogP) is 2.25. The number of rotatable bonds is 4. The number of nitrogens with zero attached hydrogens (tertiary/aromatic N) is 1. The molecular weight excluding hydrogens is 320 g/mol. The minimum Gasteiger partial charge on any atom is -0.370 e. The number of piperidine rings is 1. The molecule has 108 valence electrons. The topological polar surface area (TPSA) is 63.4 Å². The van der Waals surface area contributed by atoms with Gasteiger partial charge in [-0.25, -0.2) is 0 Å². The van der Waals surface area contributed by atoms with Crippen LogP contribution in [0.4, 0.5) is 0 Å². The Hall–Kier alpha value is -1.36. The van der Waals surface area contributed by atoms with Gasteiger partial charge in [-0.05, 0) is 37.0 Å². The van der Waals surface area contributed by atoms with E-state index in [9.17, 15) is 9.59 Å². The summed E-state index contributed by atoms with van der Waals surface area (Å²) in [4.78, 5) is 25.4. The molecule has 1 aliphatic rings. The largest absolute Gasteiger partial charge is 0.370 e. The maximum absolute atomic E-state index is 12.4. The summed E-state index contributed by atoms with van der Waals surface area (Å²) in [5.41, 5.74) is 6.25. The van der Waals surface area contributed by atoms with E-state index in [0.717, 1.165) is 35.8 Å². The van der Waals surface area contributed by atoms with Gasteiger partial charge in [0.15, 0.2) is 0 Å². The molecule has 0 radical (unpaired) electrons. The highest BCUT2D eigenvalue weighted by atomic mass is 79.9. The molecule has 1 unspecified atom stereocenters. The van der Waals surface area contributed by atoms with E-state index in [0.29, 0.717) is 6.42 Å². The number of carbonyl (C=O) groups excluding carboxylic acids is 2. The lowest BCUT2D eigenvalue weighted by Crippen LogP contribution is -2.46. The van der Waals surface area contributed by atoms with Gasteiger partial charge < -0.3 is 10.6 Å². The molecule has 1 heterocycles. The molecule has 5 heteroatoms. The molecule has 1 atom stereocenters. The lowest BCUT2D eigenvalue weighted by Gasteiger charge is -2.35. The monoisotopic (exact) mass is 338 g/mol. The van der Waals surface area contributed by atoms with Gasteiger partial charge in [0, 0.05) is 23.5 Å². The molecule has 4 nitrogen and oxygen atoms in total. The molecule has 1 fully saturated rings. The molecule has 0 bridgehead atoms. The van der Waals surface area contributed by atoms with Gasteiger partial charge in [-0.1, -0.05) is 28.1 Å². The summed E-state index contributed by atoms with van der Waals surface area (Å²) in [6.45, 7) is 0.727. The number of likely N-dealkylation sites (tertiary alicyclic amines) is 1. The number of hydrogen-bond acceptors (Lipinski definition) is 2. The van der Waals surface area contributed by atoms with Crippen molar-refractivity contribution in [2.45, 2.75) is 38.1 Å². The first-order valence-corrected chi connectivity index (χ1v) is 7.68. The third-order valence-electron chi connectivity index (χ3n) is 3.63. The predicted molar refractivity (Wildman–Crippen MR) is 81.0 cm³/mol. The molecule has 0 spiro atoms. The summed E-state index contributed by atoms with van der Waals surface area (Å²) in [5.74, 6) is -0.258. The lowest BCUT2D eigenvalue weighted by atomic mass is 9.98. The van der Waals surface area contributed by atoms with Crippen molar-refractivity contribution in [2.75, 3.05) is 6.54 Å². The van der Waals surface area contributed by atoms with E-state index < -0.39 is 0 Å². The van der Waals surface area contributed by atoms with Crippen LogP contribution in [-0.2, 0) is 16.0 Å². The highest BCUT2D eigenvalue weighted by Gasteiger charge is 2.27. The average molecular weight is 339 g/mol. The van der Waals surface area contributed by atoms with Crippen LogP contribution in [0, 0.1) is 0 Å². The number of halogens is 1. The average Bonchev–Trinajstić information content (AvgIpc) is 2.38. The molecule has 0 aliphatic carbocycles. The van der Waals surface area contributed by atoms with Gasteiger partial charge in [0.05, 0.1) is 6.42 Å². The van der Waals surface area contributed by atoms with Crippen molar-refractivity contribution in [3.05, 3.63) is 34.3 Å². The van der Waals surface area contributed by atoms with Crippen LogP contribution in [-0.4, -0.2) is 29.3 Å². The van der Waals surface area contributed by atoms with Crippen LogP contribution < -0.4 is 5.73 Å². The molecule has 20 heavy (non-hydrogen) atoms. The number of carbonyl (C=O) groups is 2. The Bertz CT molecular complexity index is 504. The molecule has 2 rings (SSSR count). The Balaban J connectivity index is 2.04. The number of hydrogen-bond donors (Lipinski definition) is 1. The van der Waals surface area contributed by atoms with Crippen molar-refractivity contribution >= 4 is 27.7 Å². The summed E-state index contributed by atoms with van der Waals surface area (Å²) in [7, 11) is 0.